The Kier molecular flexibility index (Phi) is 3.47. The Morgan fingerprint density at radius 3 is 2.56 bits per heavy atom. The molecule has 2 N–H and O–H groups in total. The lowest BCUT2D eigenvalue weighted by molar-refractivity contribution is -0.384. The van der Waals surface area contributed by atoms with Crippen molar-refractivity contribution in [2.75, 3.05) is 5.73 Å². The van der Waals surface area contributed by atoms with E-state index < -0.39 is 4.92 Å². The largest absolute Gasteiger partial charge is 0.397 e. The minimum absolute atomic E-state index is 0.0846. The highest BCUT2D eigenvalue weighted by atomic mass is 32.2. The van der Waals surface area contributed by atoms with Crippen molar-refractivity contribution in [2.24, 2.45) is 0 Å². The zero-order chi connectivity index (χ0) is 13.1. The van der Waals surface area contributed by atoms with Crippen molar-refractivity contribution in [3.8, 4) is 0 Å². The third-order valence-electron chi connectivity index (χ3n) is 2.31. The van der Waals surface area contributed by atoms with Crippen LogP contribution in [0.2, 0.25) is 0 Å². The number of nitro benzene ring substituents is 1. The highest BCUT2D eigenvalue weighted by Crippen LogP contribution is 2.30. The highest BCUT2D eigenvalue weighted by Gasteiger charge is 2.07. The maximum absolute atomic E-state index is 10.5. The Labute approximate surface area is 108 Å². The number of nitrogens with zero attached hydrogens (tertiary/aromatic N) is 2. The summed E-state index contributed by atoms with van der Waals surface area (Å²) in [5.41, 5.74) is 7.32. The van der Waals surface area contributed by atoms with Crippen molar-refractivity contribution in [1.82, 2.24) is 4.98 Å². The van der Waals surface area contributed by atoms with Gasteiger partial charge in [-0.05, 0) is 30.7 Å². The van der Waals surface area contributed by atoms with Gasteiger partial charge in [-0.25, -0.2) is 4.98 Å². The van der Waals surface area contributed by atoms with Crippen molar-refractivity contribution in [3.63, 3.8) is 0 Å². The molecule has 92 valence electrons. The molecule has 1 heterocycles. The maximum atomic E-state index is 10.5. The SMILES string of the molecule is Cc1cc(N)cnc1Sc1ccc([N+](=O)[O-])cc1. The van der Waals surface area contributed by atoms with Gasteiger partial charge in [0.2, 0.25) is 0 Å². The van der Waals surface area contributed by atoms with Crippen LogP contribution in [-0.2, 0) is 0 Å². The minimum Gasteiger partial charge on any atom is -0.397 e. The molecule has 0 aliphatic heterocycles. The van der Waals surface area contributed by atoms with Gasteiger partial charge in [-0.15, -0.1) is 0 Å². The van der Waals surface area contributed by atoms with Crippen LogP contribution in [0.5, 0.6) is 0 Å². The molecule has 0 aliphatic carbocycles. The molecular weight excluding hydrogens is 250 g/mol. The third kappa shape index (κ3) is 2.78. The number of nitrogen functional groups attached to an aromatic ring is 1. The van der Waals surface area contributed by atoms with Crippen LogP contribution >= 0.6 is 11.8 Å². The Hall–Kier alpha value is -2.08. The Morgan fingerprint density at radius 1 is 1.33 bits per heavy atom. The number of aryl methyl sites for hydroxylation is 1. The maximum Gasteiger partial charge on any atom is 0.269 e. The van der Waals surface area contributed by atoms with Crippen LogP contribution < -0.4 is 5.73 Å². The second kappa shape index (κ2) is 5.05. The summed E-state index contributed by atoms with van der Waals surface area (Å²) in [6.45, 7) is 1.93. The van der Waals surface area contributed by atoms with E-state index in [-0.39, 0.29) is 5.69 Å². The first-order valence-electron chi connectivity index (χ1n) is 5.20. The second-order valence-electron chi connectivity index (χ2n) is 3.74. The number of hydrogen-bond donors (Lipinski definition) is 1. The second-order valence-corrected chi connectivity index (χ2v) is 4.81. The topological polar surface area (TPSA) is 82.0 Å². The third-order valence-corrected chi connectivity index (χ3v) is 3.44. The number of rotatable bonds is 3. The Morgan fingerprint density at radius 2 is 2.00 bits per heavy atom. The van der Waals surface area contributed by atoms with E-state index in [1.54, 1.807) is 18.3 Å². The van der Waals surface area contributed by atoms with Gasteiger partial charge in [0.25, 0.3) is 5.69 Å². The first-order valence-corrected chi connectivity index (χ1v) is 6.02. The molecular formula is C12H11N3O2S. The number of nitrogens with two attached hydrogens (primary N) is 1. The summed E-state index contributed by atoms with van der Waals surface area (Å²) in [6, 6.07) is 8.23. The minimum atomic E-state index is -0.416. The normalized spacial score (nSPS) is 10.3. The van der Waals surface area contributed by atoms with Gasteiger partial charge in [-0.3, -0.25) is 10.1 Å². The Balaban J connectivity index is 2.21. The average Bonchev–Trinajstić information content (AvgIpc) is 2.33. The fourth-order valence-electron chi connectivity index (χ4n) is 1.44. The smallest absolute Gasteiger partial charge is 0.269 e. The van der Waals surface area contributed by atoms with Gasteiger partial charge in [-0.1, -0.05) is 11.8 Å². The van der Waals surface area contributed by atoms with E-state index >= 15 is 0 Å². The summed E-state index contributed by atoms with van der Waals surface area (Å²) < 4.78 is 0. The molecule has 0 radical (unpaired) electrons. The molecule has 0 saturated carbocycles. The summed E-state index contributed by atoms with van der Waals surface area (Å²) in [5.74, 6) is 0. The lowest BCUT2D eigenvalue weighted by Crippen LogP contribution is -1.91. The molecule has 0 aliphatic rings. The van der Waals surface area contributed by atoms with Crippen molar-refractivity contribution in [1.29, 1.82) is 0 Å². The lowest BCUT2D eigenvalue weighted by Gasteiger charge is -2.05. The van der Waals surface area contributed by atoms with Crippen LogP contribution in [0.4, 0.5) is 11.4 Å². The van der Waals surface area contributed by atoms with Crippen molar-refractivity contribution < 1.29 is 4.92 Å². The first kappa shape index (κ1) is 12.4. The van der Waals surface area contributed by atoms with Crippen molar-refractivity contribution in [3.05, 3.63) is 52.2 Å². The van der Waals surface area contributed by atoms with Gasteiger partial charge in [0.05, 0.1) is 16.8 Å². The van der Waals surface area contributed by atoms with E-state index in [4.69, 9.17) is 5.73 Å². The molecule has 1 aromatic heterocycles. The van der Waals surface area contributed by atoms with Crippen molar-refractivity contribution >= 4 is 23.1 Å². The molecule has 0 fully saturated rings. The lowest BCUT2D eigenvalue weighted by atomic mass is 10.3. The van der Waals surface area contributed by atoms with Gasteiger partial charge < -0.3 is 5.73 Å². The molecule has 1 aromatic carbocycles. The summed E-state index contributed by atoms with van der Waals surface area (Å²) in [6.07, 6.45) is 1.60. The average molecular weight is 261 g/mol. The number of non-ortho nitro benzene ring substituents is 1. The number of nitro groups is 1. The van der Waals surface area contributed by atoms with Crippen LogP contribution in [0.1, 0.15) is 5.56 Å². The summed E-state index contributed by atoms with van der Waals surface area (Å²) >= 11 is 1.45. The predicted octanol–water partition coefficient (Wildman–Crippen LogP) is 3.03. The van der Waals surface area contributed by atoms with Crippen molar-refractivity contribution in [2.45, 2.75) is 16.8 Å². The van der Waals surface area contributed by atoms with Gasteiger partial charge in [-0.2, -0.15) is 0 Å². The molecule has 0 bridgehead atoms. The molecule has 0 saturated heterocycles. The van der Waals surface area contributed by atoms with Crippen LogP contribution in [0.25, 0.3) is 0 Å². The number of anilines is 1. The summed E-state index contributed by atoms with van der Waals surface area (Å²) in [5, 5.41) is 11.4. The van der Waals surface area contributed by atoms with Crippen LogP contribution in [0.3, 0.4) is 0 Å². The fraction of sp³-hybridized carbons (Fsp3) is 0.0833. The number of benzene rings is 1. The summed E-state index contributed by atoms with van der Waals surface area (Å²) in [7, 11) is 0. The van der Waals surface area contributed by atoms with Crippen LogP contribution in [0.15, 0.2) is 46.5 Å². The first-order chi connectivity index (χ1) is 8.56. The van der Waals surface area contributed by atoms with E-state index in [9.17, 15) is 10.1 Å². The molecule has 0 atom stereocenters. The van der Waals surface area contributed by atoms with E-state index in [0.717, 1.165) is 15.5 Å². The Bertz CT molecular complexity index is 584. The molecule has 6 heteroatoms. The molecule has 2 rings (SSSR count). The molecule has 5 nitrogen and oxygen atoms in total. The van der Waals surface area contributed by atoms with E-state index in [2.05, 4.69) is 4.98 Å². The van der Waals surface area contributed by atoms with Crippen LogP contribution in [0, 0.1) is 17.0 Å². The van der Waals surface area contributed by atoms with Gasteiger partial charge in [0, 0.05) is 17.0 Å². The molecule has 0 unspecified atom stereocenters. The number of hydrogen-bond acceptors (Lipinski definition) is 5. The molecule has 2 aromatic rings. The van der Waals surface area contributed by atoms with E-state index in [1.165, 1.54) is 23.9 Å². The van der Waals surface area contributed by atoms with Gasteiger partial charge in [0.1, 0.15) is 5.03 Å². The molecule has 0 spiro atoms. The van der Waals surface area contributed by atoms with Crippen LogP contribution in [-0.4, -0.2) is 9.91 Å². The highest BCUT2D eigenvalue weighted by molar-refractivity contribution is 7.99. The van der Waals surface area contributed by atoms with E-state index in [0.29, 0.717) is 5.69 Å². The summed E-state index contributed by atoms with van der Waals surface area (Å²) in [4.78, 5) is 15.3. The quantitative estimate of drug-likeness (QED) is 0.678. The predicted molar refractivity (Wildman–Crippen MR) is 70.6 cm³/mol. The molecule has 0 amide bonds. The zero-order valence-electron chi connectivity index (χ0n) is 9.66. The molecule has 18 heavy (non-hydrogen) atoms. The standard InChI is InChI=1S/C12H11N3O2S/c1-8-6-9(13)7-14-12(8)18-11-4-2-10(3-5-11)15(16)17/h2-7H,13H2,1H3. The van der Waals surface area contributed by atoms with Gasteiger partial charge in [0.15, 0.2) is 0 Å². The van der Waals surface area contributed by atoms with Gasteiger partial charge >= 0.3 is 0 Å². The fourth-order valence-corrected chi connectivity index (χ4v) is 2.26. The number of aromatic nitrogens is 1. The number of pyridine rings is 1. The monoisotopic (exact) mass is 261 g/mol. The van der Waals surface area contributed by atoms with E-state index in [1.807, 2.05) is 13.0 Å². The zero-order valence-corrected chi connectivity index (χ0v) is 10.5.